The van der Waals surface area contributed by atoms with Gasteiger partial charge in [-0.25, -0.2) is 4.98 Å². The molecule has 0 saturated carbocycles. The van der Waals surface area contributed by atoms with Gasteiger partial charge in [0.05, 0.1) is 21.7 Å². The number of hydrogen-bond acceptors (Lipinski definition) is 3. The van der Waals surface area contributed by atoms with Crippen molar-refractivity contribution in [1.82, 2.24) is 14.9 Å². The molecule has 1 aromatic carbocycles. The van der Waals surface area contributed by atoms with Crippen LogP contribution in [0.1, 0.15) is 11.8 Å². The monoisotopic (exact) mass is 319 g/mol. The number of para-hydroxylation sites is 2. The van der Waals surface area contributed by atoms with Gasteiger partial charge in [0.15, 0.2) is 0 Å². The van der Waals surface area contributed by atoms with Gasteiger partial charge in [-0.15, -0.1) is 11.3 Å². The van der Waals surface area contributed by atoms with Crippen LogP contribution < -0.4 is 5.32 Å². The zero-order chi connectivity index (χ0) is 14.7. The molecular formula is C16H18ClN3S. The second kappa shape index (κ2) is 6.60. The van der Waals surface area contributed by atoms with E-state index in [1.54, 1.807) is 11.3 Å². The lowest BCUT2D eigenvalue weighted by molar-refractivity contribution is 0.463. The fraction of sp³-hybridized carbons (Fsp3) is 0.312. The number of halogens is 1. The average Bonchev–Trinajstić information content (AvgIpc) is 3.06. The molecule has 0 spiro atoms. The van der Waals surface area contributed by atoms with Gasteiger partial charge in [-0.05, 0) is 37.2 Å². The van der Waals surface area contributed by atoms with Crippen LogP contribution in [0.2, 0.25) is 4.34 Å². The molecule has 0 bridgehead atoms. The van der Waals surface area contributed by atoms with Crippen molar-refractivity contribution < 1.29 is 0 Å². The van der Waals surface area contributed by atoms with Gasteiger partial charge in [0, 0.05) is 17.5 Å². The molecule has 1 unspecified atom stereocenters. The molecule has 0 aliphatic heterocycles. The number of fused-ring (bicyclic) bond motifs is 1. The van der Waals surface area contributed by atoms with Crippen LogP contribution in [0.5, 0.6) is 0 Å². The van der Waals surface area contributed by atoms with Gasteiger partial charge in [0.25, 0.3) is 0 Å². The van der Waals surface area contributed by atoms with Crippen molar-refractivity contribution >= 4 is 34.0 Å². The standard InChI is InChI=1S/C16H18ClN3S/c1-2-18-12(9-13-7-8-16(17)21-13)10-20-11-19-14-5-3-4-6-15(14)20/h3-8,11-12,18H,2,9-10H2,1H3. The maximum atomic E-state index is 6.02. The predicted molar refractivity (Wildman–Crippen MR) is 90.2 cm³/mol. The predicted octanol–water partition coefficient (Wildman–Crippen LogP) is 3.97. The first kappa shape index (κ1) is 14.6. The van der Waals surface area contributed by atoms with Crippen LogP contribution >= 0.6 is 22.9 Å². The molecule has 3 aromatic rings. The molecule has 2 aromatic heterocycles. The summed E-state index contributed by atoms with van der Waals surface area (Å²) >= 11 is 7.68. The highest BCUT2D eigenvalue weighted by Gasteiger charge is 2.12. The number of nitrogens with one attached hydrogen (secondary N) is 1. The van der Waals surface area contributed by atoms with E-state index in [9.17, 15) is 0 Å². The van der Waals surface area contributed by atoms with Gasteiger partial charge < -0.3 is 9.88 Å². The molecule has 5 heteroatoms. The van der Waals surface area contributed by atoms with Crippen LogP contribution in [0.4, 0.5) is 0 Å². The number of benzene rings is 1. The highest BCUT2D eigenvalue weighted by Crippen LogP contribution is 2.23. The van der Waals surface area contributed by atoms with E-state index in [0.717, 1.165) is 29.4 Å². The van der Waals surface area contributed by atoms with Gasteiger partial charge in [0.2, 0.25) is 0 Å². The summed E-state index contributed by atoms with van der Waals surface area (Å²) < 4.78 is 3.08. The molecule has 0 amide bonds. The van der Waals surface area contributed by atoms with E-state index in [1.807, 2.05) is 24.5 Å². The Morgan fingerprint density at radius 1 is 1.29 bits per heavy atom. The summed E-state index contributed by atoms with van der Waals surface area (Å²) in [7, 11) is 0. The van der Waals surface area contributed by atoms with Gasteiger partial charge in [-0.1, -0.05) is 30.7 Å². The lowest BCUT2D eigenvalue weighted by Gasteiger charge is -2.18. The molecule has 110 valence electrons. The normalized spacial score (nSPS) is 12.9. The maximum Gasteiger partial charge on any atom is 0.0958 e. The second-order valence-electron chi connectivity index (χ2n) is 5.05. The molecule has 0 aliphatic rings. The van der Waals surface area contributed by atoms with Crippen LogP contribution in [0.15, 0.2) is 42.7 Å². The molecule has 0 radical (unpaired) electrons. The largest absolute Gasteiger partial charge is 0.329 e. The van der Waals surface area contributed by atoms with Crippen LogP contribution in [-0.2, 0) is 13.0 Å². The highest BCUT2D eigenvalue weighted by atomic mass is 35.5. The van der Waals surface area contributed by atoms with E-state index in [0.29, 0.717) is 6.04 Å². The van der Waals surface area contributed by atoms with E-state index >= 15 is 0 Å². The van der Waals surface area contributed by atoms with E-state index in [2.05, 4.69) is 40.0 Å². The van der Waals surface area contributed by atoms with Gasteiger partial charge in [-0.2, -0.15) is 0 Å². The van der Waals surface area contributed by atoms with Crippen LogP contribution in [-0.4, -0.2) is 22.1 Å². The Hall–Kier alpha value is -1.36. The van der Waals surface area contributed by atoms with Crippen molar-refractivity contribution in [3.8, 4) is 0 Å². The molecule has 1 N–H and O–H groups in total. The summed E-state index contributed by atoms with van der Waals surface area (Å²) in [5.74, 6) is 0. The molecule has 0 fully saturated rings. The Kier molecular flexibility index (Phi) is 4.58. The third-order valence-electron chi connectivity index (χ3n) is 3.51. The minimum Gasteiger partial charge on any atom is -0.329 e. The first-order valence-electron chi connectivity index (χ1n) is 7.13. The highest BCUT2D eigenvalue weighted by molar-refractivity contribution is 7.16. The molecule has 0 saturated heterocycles. The van der Waals surface area contributed by atoms with Crippen molar-refractivity contribution in [2.24, 2.45) is 0 Å². The summed E-state index contributed by atoms with van der Waals surface area (Å²) in [5, 5.41) is 3.56. The van der Waals surface area contributed by atoms with E-state index < -0.39 is 0 Å². The Bertz CT molecular complexity index is 719. The zero-order valence-corrected chi connectivity index (χ0v) is 13.5. The molecule has 3 rings (SSSR count). The van der Waals surface area contributed by atoms with Crippen LogP contribution in [0, 0.1) is 0 Å². The molecule has 0 aliphatic carbocycles. The first-order valence-corrected chi connectivity index (χ1v) is 8.33. The van der Waals surface area contributed by atoms with E-state index in [4.69, 9.17) is 11.6 Å². The number of likely N-dealkylation sites (N-methyl/N-ethyl adjacent to an activating group) is 1. The van der Waals surface area contributed by atoms with Crippen LogP contribution in [0.3, 0.4) is 0 Å². The van der Waals surface area contributed by atoms with Crippen molar-refractivity contribution in [1.29, 1.82) is 0 Å². The quantitative estimate of drug-likeness (QED) is 0.745. The molecule has 2 heterocycles. The molecule has 21 heavy (non-hydrogen) atoms. The van der Waals surface area contributed by atoms with Crippen molar-refractivity contribution in [2.75, 3.05) is 6.54 Å². The zero-order valence-electron chi connectivity index (χ0n) is 11.9. The Morgan fingerprint density at radius 2 is 2.14 bits per heavy atom. The summed E-state index contributed by atoms with van der Waals surface area (Å²) in [4.78, 5) is 5.77. The minimum absolute atomic E-state index is 0.377. The third kappa shape index (κ3) is 3.46. The molecular weight excluding hydrogens is 302 g/mol. The SMILES string of the molecule is CCNC(Cc1ccc(Cl)s1)Cn1cnc2ccccc21. The summed E-state index contributed by atoms with van der Waals surface area (Å²) in [6, 6.07) is 12.7. The van der Waals surface area contributed by atoms with Crippen molar-refractivity contribution in [3.63, 3.8) is 0 Å². The smallest absolute Gasteiger partial charge is 0.0958 e. The summed E-state index contributed by atoms with van der Waals surface area (Å²) in [6.45, 7) is 4.00. The number of rotatable bonds is 6. The fourth-order valence-electron chi connectivity index (χ4n) is 2.59. The van der Waals surface area contributed by atoms with Gasteiger partial charge >= 0.3 is 0 Å². The number of hydrogen-bond donors (Lipinski definition) is 1. The third-order valence-corrected chi connectivity index (χ3v) is 4.77. The number of thiophene rings is 1. The number of nitrogens with zero attached hydrogens (tertiary/aromatic N) is 2. The fourth-order valence-corrected chi connectivity index (χ4v) is 3.75. The maximum absolute atomic E-state index is 6.02. The van der Waals surface area contributed by atoms with E-state index in [-0.39, 0.29) is 0 Å². The van der Waals surface area contributed by atoms with Crippen LogP contribution in [0.25, 0.3) is 11.0 Å². The summed E-state index contributed by atoms with van der Waals surface area (Å²) in [5.41, 5.74) is 2.23. The Balaban J connectivity index is 1.78. The number of aromatic nitrogens is 2. The minimum atomic E-state index is 0.377. The topological polar surface area (TPSA) is 29.9 Å². The molecule has 3 nitrogen and oxygen atoms in total. The van der Waals surface area contributed by atoms with Gasteiger partial charge in [0.1, 0.15) is 0 Å². The Morgan fingerprint density at radius 3 is 2.90 bits per heavy atom. The summed E-state index contributed by atoms with van der Waals surface area (Å²) in [6.07, 6.45) is 2.91. The van der Waals surface area contributed by atoms with Crippen molar-refractivity contribution in [2.45, 2.75) is 25.9 Å². The first-order chi connectivity index (χ1) is 10.3. The Labute approximate surface area is 133 Å². The van der Waals surface area contributed by atoms with Gasteiger partial charge in [-0.3, -0.25) is 0 Å². The lowest BCUT2D eigenvalue weighted by atomic mass is 10.1. The molecule has 1 atom stereocenters. The van der Waals surface area contributed by atoms with Crippen molar-refractivity contribution in [3.05, 3.63) is 51.9 Å². The average molecular weight is 320 g/mol. The number of imidazole rings is 1. The lowest BCUT2D eigenvalue weighted by Crippen LogP contribution is -2.34. The second-order valence-corrected chi connectivity index (χ2v) is 6.85. The van der Waals surface area contributed by atoms with E-state index in [1.165, 1.54) is 10.4 Å².